The molecule has 1 aliphatic rings. The van der Waals surface area contributed by atoms with Crippen molar-refractivity contribution in [3.05, 3.63) is 0 Å². The van der Waals surface area contributed by atoms with Crippen LogP contribution in [-0.2, 0) is 0 Å². The van der Waals surface area contributed by atoms with E-state index in [0.29, 0.717) is 6.04 Å². The first-order chi connectivity index (χ1) is 9.72. The highest BCUT2D eigenvalue weighted by Crippen LogP contribution is 2.35. The zero-order chi connectivity index (χ0) is 15.9. The van der Waals surface area contributed by atoms with Gasteiger partial charge in [-0.05, 0) is 25.3 Å². The summed E-state index contributed by atoms with van der Waals surface area (Å²) in [6.07, 6.45) is 2.41. The molecular weight excluding hydrogens is 277 g/mol. The minimum Gasteiger partial charge on any atom is -0.314 e. The molecule has 1 fully saturated rings. The van der Waals surface area contributed by atoms with Gasteiger partial charge in [-0.25, -0.2) is 0 Å². The molecule has 1 saturated carbocycles. The molecule has 126 valence electrons. The maximum Gasteiger partial charge on any atom is 0.390 e. The molecule has 0 amide bonds. The van der Waals surface area contributed by atoms with Crippen molar-refractivity contribution in [2.75, 3.05) is 26.7 Å². The molecular formula is C16H31F3N2. The van der Waals surface area contributed by atoms with Crippen molar-refractivity contribution in [2.24, 2.45) is 5.41 Å². The van der Waals surface area contributed by atoms with Gasteiger partial charge in [-0.15, -0.1) is 0 Å². The summed E-state index contributed by atoms with van der Waals surface area (Å²) in [6.45, 7) is 6.03. The molecule has 0 atom stereocenters. The van der Waals surface area contributed by atoms with E-state index < -0.39 is 12.6 Å². The molecule has 0 aromatic rings. The lowest BCUT2D eigenvalue weighted by molar-refractivity contribution is -0.138. The monoisotopic (exact) mass is 308 g/mol. The highest BCUT2D eigenvalue weighted by atomic mass is 19.4. The first-order valence-electron chi connectivity index (χ1n) is 8.21. The van der Waals surface area contributed by atoms with E-state index in [1.54, 1.807) is 0 Å². The van der Waals surface area contributed by atoms with Crippen LogP contribution in [0.3, 0.4) is 0 Å². The fourth-order valence-corrected chi connectivity index (χ4v) is 3.26. The van der Waals surface area contributed by atoms with Gasteiger partial charge in [0.2, 0.25) is 0 Å². The van der Waals surface area contributed by atoms with E-state index >= 15 is 0 Å². The molecule has 2 nitrogen and oxygen atoms in total. The normalized spacial score (nSPS) is 20.0. The van der Waals surface area contributed by atoms with Crippen molar-refractivity contribution in [3.63, 3.8) is 0 Å². The second-order valence-electron chi connectivity index (χ2n) is 7.05. The van der Waals surface area contributed by atoms with E-state index in [2.05, 4.69) is 19.2 Å². The number of halogens is 3. The van der Waals surface area contributed by atoms with Crippen molar-refractivity contribution < 1.29 is 13.2 Å². The van der Waals surface area contributed by atoms with Crippen LogP contribution in [0.1, 0.15) is 58.8 Å². The maximum absolute atomic E-state index is 12.4. The quantitative estimate of drug-likeness (QED) is 0.709. The minimum absolute atomic E-state index is 0.104. The standard InChI is InChI=1S/C16H31F3N2/c1-14(2)20-12-15(8-6-4-5-7-9-15)13-21(3)11-10-16(17,18)19/h14,20H,4-13H2,1-3H3. The van der Waals surface area contributed by atoms with Gasteiger partial charge in [-0.2, -0.15) is 13.2 Å². The summed E-state index contributed by atoms with van der Waals surface area (Å²) in [7, 11) is 1.83. The molecule has 0 saturated heterocycles. The number of nitrogens with one attached hydrogen (secondary N) is 1. The Balaban J connectivity index is 2.58. The zero-order valence-corrected chi connectivity index (χ0v) is 13.7. The summed E-state index contributed by atoms with van der Waals surface area (Å²) in [4.78, 5) is 1.88. The lowest BCUT2D eigenvalue weighted by Gasteiger charge is -2.37. The van der Waals surface area contributed by atoms with Gasteiger partial charge < -0.3 is 10.2 Å². The number of hydrogen-bond donors (Lipinski definition) is 1. The number of alkyl halides is 3. The molecule has 0 unspecified atom stereocenters. The average Bonchev–Trinajstić information content (AvgIpc) is 2.59. The number of rotatable bonds is 7. The summed E-state index contributed by atoms with van der Waals surface area (Å²) >= 11 is 0. The molecule has 0 aliphatic heterocycles. The van der Waals surface area contributed by atoms with Gasteiger partial charge >= 0.3 is 6.18 Å². The summed E-state index contributed by atoms with van der Waals surface area (Å²) < 4.78 is 37.1. The second kappa shape index (κ2) is 8.37. The van der Waals surface area contributed by atoms with Crippen molar-refractivity contribution in [1.29, 1.82) is 0 Å². The molecule has 0 radical (unpaired) electrons. The molecule has 21 heavy (non-hydrogen) atoms. The third-order valence-corrected chi connectivity index (χ3v) is 4.43. The lowest BCUT2D eigenvalue weighted by Crippen LogP contribution is -2.45. The summed E-state index contributed by atoms with van der Waals surface area (Å²) in [5.74, 6) is 0. The van der Waals surface area contributed by atoms with Crippen LogP contribution in [0.25, 0.3) is 0 Å². The smallest absolute Gasteiger partial charge is 0.314 e. The van der Waals surface area contributed by atoms with Crippen LogP contribution in [0.15, 0.2) is 0 Å². The maximum atomic E-state index is 12.4. The Labute approximate surface area is 127 Å². The van der Waals surface area contributed by atoms with Crippen molar-refractivity contribution >= 4 is 0 Å². The average molecular weight is 308 g/mol. The number of hydrogen-bond acceptors (Lipinski definition) is 2. The Morgan fingerprint density at radius 1 is 1.10 bits per heavy atom. The van der Waals surface area contributed by atoms with E-state index in [-0.39, 0.29) is 12.0 Å². The van der Waals surface area contributed by atoms with Gasteiger partial charge in [0.25, 0.3) is 0 Å². The van der Waals surface area contributed by atoms with E-state index in [1.165, 1.54) is 25.7 Å². The van der Waals surface area contributed by atoms with Crippen LogP contribution in [0, 0.1) is 5.41 Å². The van der Waals surface area contributed by atoms with Crippen LogP contribution in [0.5, 0.6) is 0 Å². The van der Waals surface area contributed by atoms with Crippen LogP contribution in [0.2, 0.25) is 0 Å². The predicted molar refractivity (Wildman–Crippen MR) is 81.4 cm³/mol. The van der Waals surface area contributed by atoms with Gasteiger partial charge in [0.05, 0.1) is 6.42 Å². The van der Waals surface area contributed by atoms with Gasteiger partial charge in [0.1, 0.15) is 0 Å². The Bertz CT molecular complexity index is 282. The Kier molecular flexibility index (Phi) is 7.48. The van der Waals surface area contributed by atoms with Gasteiger partial charge in [-0.3, -0.25) is 0 Å². The summed E-state index contributed by atoms with van der Waals surface area (Å²) in [5, 5.41) is 3.51. The first-order valence-corrected chi connectivity index (χ1v) is 8.21. The van der Waals surface area contributed by atoms with E-state index in [0.717, 1.165) is 25.9 Å². The third kappa shape index (κ3) is 8.05. The molecule has 0 bridgehead atoms. The van der Waals surface area contributed by atoms with Crippen molar-refractivity contribution in [3.8, 4) is 0 Å². The fourth-order valence-electron chi connectivity index (χ4n) is 3.26. The molecule has 0 aromatic heterocycles. The van der Waals surface area contributed by atoms with Crippen LogP contribution in [-0.4, -0.2) is 43.8 Å². The molecule has 1 aliphatic carbocycles. The van der Waals surface area contributed by atoms with Gasteiger partial charge in [-0.1, -0.05) is 39.5 Å². The largest absolute Gasteiger partial charge is 0.390 e. The highest BCUT2D eigenvalue weighted by Gasteiger charge is 2.33. The minimum atomic E-state index is -4.05. The topological polar surface area (TPSA) is 15.3 Å². The highest BCUT2D eigenvalue weighted by molar-refractivity contribution is 4.87. The van der Waals surface area contributed by atoms with E-state index in [1.807, 2.05) is 11.9 Å². The molecule has 5 heteroatoms. The van der Waals surface area contributed by atoms with E-state index in [4.69, 9.17) is 0 Å². The third-order valence-electron chi connectivity index (χ3n) is 4.43. The predicted octanol–water partition coefficient (Wildman–Crippen LogP) is 4.21. The summed E-state index contributed by atoms with van der Waals surface area (Å²) in [6, 6.07) is 0.422. The van der Waals surface area contributed by atoms with Gasteiger partial charge in [0.15, 0.2) is 0 Å². The molecule has 1 N–H and O–H groups in total. The van der Waals surface area contributed by atoms with Crippen LogP contribution >= 0.6 is 0 Å². The first kappa shape index (κ1) is 18.8. The van der Waals surface area contributed by atoms with Crippen molar-refractivity contribution in [2.45, 2.75) is 71.0 Å². The lowest BCUT2D eigenvalue weighted by atomic mass is 9.79. The Hall–Kier alpha value is -0.290. The SMILES string of the molecule is CC(C)NCC1(CN(C)CCC(F)(F)F)CCCCCC1. The second-order valence-corrected chi connectivity index (χ2v) is 7.05. The van der Waals surface area contributed by atoms with Crippen LogP contribution < -0.4 is 5.32 Å². The van der Waals surface area contributed by atoms with Crippen molar-refractivity contribution in [1.82, 2.24) is 10.2 Å². The Morgan fingerprint density at radius 2 is 1.67 bits per heavy atom. The molecule has 1 rings (SSSR count). The molecule has 0 aromatic carbocycles. The van der Waals surface area contributed by atoms with E-state index in [9.17, 15) is 13.2 Å². The zero-order valence-electron chi connectivity index (χ0n) is 13.7. The fraction of sp³-hybridized carbons (Fsp3) is 1.00. The van der Waals surface area contributed by atoms with Crippen LogP contribution in [0.4, 0.5) is 13.2 Å². The molecule has 0 spiro atoms. The van der Waals surface area contributed by atoms with Gasteiger partial charge in [0, 0.05) is 25.7 Å². The Morgan fingerprint density at radius 3 is 2.14 bits per heavy atom. The molecule has 0 heterocycles. The number of nitrogens with zero attached hydrogens (tertiary/aromatic N) is 1. The summed E-state index contributed by atoms with van der Waals surface area (Å²) in [5.41, 5.74) is 0.140.